The van der Waals surface area contributed by atoms with Gasteiger partial charge in [0, 0.05) is 15.6 Å². The summed E-state index contributed by atoms with van der Waals surface area (Å²) < 4.78 is 11.3. The Hall–Kier alpha value is -2.35. The van der Waals surface area contributed by atoms with Crippen LogP contribution in [0.25, 0.3) is 11.4 Å². The van der Waals surface area contributed by atoms with E-state index in [4.69, 9.17) is 32.1 Å². The van der Waals surface area contributed by atoms with E-state index in [0.29, 0.717) is 38.6 Å². The Kier molecular flexibility index (Phi) is 5.26. The number of nitrogens with zero attached hydrogens (tertiary/aromatic N) is 4. The maximum absolute atomic E-state index is 6.04. The van der Waals surface area contributed by atoms with Crippen molar-refractivity contribution in [2.24, 2.45) is 0 Å². The van der Waals surface area contributed by atoms with Gasteiger partial charge in [0.1, 0.15) is 0 Å². The number of thioether (sulfide) groups is 1. The van der Waals surface area contributed by atoms with Crippen LogP contribution in [-0.2, 0) is 11.2 Å². The monoisotopic (exact) mass is 458 g/mol. The standard InChI is InChI=1S/C21H16Cl2N4O2S/c22-15-6-2-13(3-7-15)18-24-17(29-27-18)12-30-20-26-25-19(28-20)21(10-1-11-21)14-4-8-16(23)9-5-14/h2-9H,1,10-12H2. The molecule has 2 heterocycles. The predicted molar refractivity (Wildman–Crippen MR) is 115 cm³/mol. The van der Waals surface area contributed by atoms with E-state index in [1.807, 2.05) is 36.4 Å². The highest BCUT2D eigenvalue weighted by atomic mass is 35.5. The topological polar surface area (TPSA) is 77.8 Å². The number of hydrogen-bond acceptors (Lipinski definition) is 7. The van der Waals surface area contributed by atoms with Crippen LogP contribution in [0.5, 0.6) is 0 Å². The van der Waals surface area contributed by atoms with Crippen LogP contribution in [0.15, 0.2) is 62.7 Å². The van der Waals surface area contributed by atoms with Crippen LogP contribution in [0.1, 0.15) is 36.6 Å². The second kappa shape index (κ2) is 8.06. The van der Waals surface area contributed by atoms with E-state index in [9.17, 15) is 0 Å². The number of benzene rings is 2. The van der Waals surface area contributed by atoms with Crippen LogP contribution < -0.4 is 0 Å². The van der Waals surface area contributed by atoms with E-state index in [2.05, 4.69) is 20.3 Å². The van der Waals surface area contributed by atoms with Crippen molar-refractivity contribution in [3.05, 3.63) is 75.9 Å². The average Bonchev–Trinajstić information content (AvgIpc) is 3.38. The fourth-order valence-corrected chi connectivity index (χ4v) is 4.39. The maximum atomic E-state index is 6.04. The van der Waals surface area contributed by atoms with E-state index in [0.717, 1.165) is 30.4 Å². The first-order valence-corrected chi connectivity index (χ1v) is 11.2. The van der Waals surface area contributed by atoms with Crippen molar-refractivity contribution in [2.45, 2.75) is 35.7 Å². The summed E-state index contributed by atoms with van der Waals surface area (Å²) in [7, 11) is 0. The molecular weight excluding hydrogens is 443 g/mol. The summed E-state index contributed by atoms with van der Waals surface area (Å²) in [5.74, 6) is 2.09. The molecule has 0 bridgehead atoms. The molecule has 5 rings (SSSR count). The number of halogens is 2. The molecule has 0 spiro atoms. The molecule has 152 valence electrons. The van der Waals surface area contributed by atoms with Gasteiger partial charge in [-0.2, -0.15) is 4.98 Å². The molecule has 1 aliphatic carbocycles. The van der Waals surface area contributed by atoms with Crippen molar-refractivity contribution in [1.29, 1.82) is 0 Å². The number of aromatic nitrogens is 4. The molecule has 30 heavy (non-hydrogen) atoms. The summed E-state index contributed by atoms with van der Waals surface area (Å²) in [5.41, 5.74) is 1.78. The Morgan fingerprint density at radius 2 is 1.63 bits per heavy atom. The molecular formula is C21H16Cl2N4O2S. The molecule has 0 radical (unpaired) electrons. The van der Waals surface area contributed by atoms with Crippen LogP contribution in [0.4, 0.5) is 0 Å². The molecule has 1 fully saturated rings. The first-order valence-electron chi connectivity index (χ1n) is 9.44. The molecule has 0 atom stereocenters. The highest BCUT2D eigenvalue weighted by molar-refractivity contribution is 7.98. The molecule has 6 nitrogen and oxygen atoms in total. The van der Waals surface area contributed by atoms with Gasteiger partial charge in [-0.3, -0.25) is 0 Å². The van der Waals surface area contributed by atoms with E-state index < -0.39 is 0 Å². The average molecular weight is 459 g/mol. The number of hydrogen-bond donors (Lipinski definition) is 0. The Balaban J connectivity index is 1.29. The molecule has 0 unspecified atom stereocenters. The normalized spacial score (nSPS) is 15.1. The Labute approximate surface area is 187 Å². The van der Waals surface area contributed by atoms with Crippen molar-refractivity contribution in [3.63, 3.8) is 0 Å². The fourth-order valence-electron chi connectivity index (χ4n) is 3.54. The zero-order valence-electron chi connectivity index (χ0n) is 15.7. The minimum atomic E-state index is -0.220. The molecule has 0 saturated heterocycles. The fraction of sp³-hybridized carbons (Fsp3) is 0.238. The molecule has 0 N–H and O–H groups in total. The zero-order chi connectivity index (χ0) is 20.6. The van der Waals surface area contributed by atoms with Gasteiger partial charge in [-0.1, -0.05) is 58.7 Å². The van der Waals surface area contributed by atoms with Gasteiger partial charge in [0.25, 0.3) is 5.22 Å². The lowest BCUT2D eigenvalue weighted by Crippen LogP contribution is -2.35. The summed E-state index contributed by atoms with van der Waals surface area (Å²) in [6.07, 6.45) is 3.09. The molecule has 1 saturated carbocycles. The molecule has 0 aliphatic heterocycles. The molecule has 9 heteroatoms. The van der Waals surface area contributed by atoms with Gasteiger partial charge < -0.3 is 8.94 Å². The largest absolute Gasteiger partial charge is 0.415 e. The van der Waals surface area contributed by atoms with Crippen molar-refractivity contribution in [1.82, 2.24) is 20.3 Å². The highest BCUT2D eigenvalue weighted by Gasteiger charge is 2.45. The third kappa shape index (κ3) is 3.73. The highest BCUT2D eigenvalue weighted by Crippen LogP contribution is 2.49. The van der Waals surface area contributed by atoms with Gasteiger partial charge in [-0.05, 0) is 54.8 Å². The summed E-state index contributed by atoms with van der Waals surface area (Å²) in [4.78, 5) is 4.42. The van der Waals surface area contributed by atoms with Gasteiger partial charge in [-0.15, -0.1) is 10.2 Å². The van der Waals surface area contributed by atoms with Crippen molar-refractivity contribution < 1.29 is 8.94 Å². The van der Waals surface area contributed by atoms with Crippen LogP contribution in [0.3, 0.4) is 0 Å². The summed E-state index contributed by atoms with van der Waals surface area (Å²) in [5, 5.41) is 14.4. The van der Waals surface area contributed by atoms with E-state index >= 15 is 0 Å². The first kappa shape index (κ1) is 19.6. The van der Waals surface area contributed by atoms with Crippen LogP contribution in [0.2, 0.25) is 10.0 Å². The summed E-state index contributed by atoms with van der Waals surface area (Å²) in [6.45, 7) is 0. The Morgan fingerprint density at radius 3 is 2.30 bits per heavy atom. The molecule has 2 aromatic heterocycles. The second-order valence-corrected chi connectivity index (χ2v) is 8.92. The lowest BCUT2D eigenvalue weighted by Gasteiger charge is -2.39. The van der Waals surface area contributed by atoms with Crippen LogP contribution in [0, 0.1) is 0 Å². The van der Waals surface area contributed by atoms with Crippen LogP contribution in [-0.4, -0.2) is 20.3 Å². The molecule has 1 aliphatic rings. The predicted octanol–water partition coefficient (Wildman–Crippen LogP) is 6.19. The molecule has 4 aromatic rings. The Bertz CT molecular complexity index is 1150. The first-order chi connectivity index (χ1) is 14.6. The van der Waals surface area contributed by atoms with Crippen molar-refractivity contribution in [2.75, 3.05) is 0 Å². The van der Waals surface area contributed by atoms with E-state index in [-0.39, 0.29) is 5.41 Å². The Morgan fingerprint density at radius 1 is 0.933 bits per heavy atom. The summed E-state index contributed by atoms with van der Waals surface area (Å²) in [6, 6.07) is 15.2. The maximum Gasteiger partial charge on any atom is 0.277 e. The third-order valence-corrected chi connectivity index (χ3v) is 6.62. The van der Waals surface area contributed by atoms with Gasteiger partial charge >= 0.3 is 0 Å². The zero-order valence-corrected chi connectivity index (χ0v) is 18.0. The molecule has 2 aromatic carbocycles. The minimum Gasteiger partial charge on any atom is -0.415 e. The van der Waals surface area contributed by atoms with Gasteiger partial charge in [0.15, 0.2) is 0 Å². The van der Waals surface area contributed by atoms with Gasteiger partial charge in [-0.25, -0.2) is 0 Å². The quantitative estimate of drug-likeness (QED) is 0.318. The lowest BCUT2D eigenvalue weighted by molar-refractivity contribution is 0.226. The third-order valence-electron chi connectivity index (χ3n) is 5.31. The SMILES string of the molecule is Clc1ccc(-c2noc(CSc3nnc(C4(c5ccc(Cl)cc5)CCC4)o3)n2)cc1. The summed E-state index contributed by atoms with van der Waals surface area (Å²) >= 11 is 13.3. The molecule has 0 amide bonds. The van der Waals surface area contributed by atoms with Crippen molar-refractivity contribution >= 4 is 35.0 Å². The number of rotatable bonds is 6. The lowest BCUT2D eigenvalue weighted by atomic mass is 9.64. The van der Waals surface area contributed by atoms with Crippen molar-refractivity contribution in [3.8, 4) is 11.4 Å². The van der Waals surface area contributed by atoms with E-state index in [1.54, 1.807) is 12.1 Å². The van der Waals surface area contributed by atoms with E-state index in [1.165, 1.54) is 11.8 Å². The van der Waals surface area contributed by atoms with Crippen LogP contribution >= 0.6 is 35.0 Å². The smallest absolute Gasteiger partial charge is 0.277 e. The van der Waals surface area contributed by atoms with Gasteiger partial charge in [0.05, 0.1) is 11.2 Å². The van der Waals surface area contributed by atoms with Gasteiger partial charge in [0.2, 0.25) is 17.6 Å². The second-order valence-electron chi connectivity index (χ2n) is 7.12. The minimum absolute atomic E-state index is 0.220.